The third-order valence-electron chi connectivity index (χ3n) is 4.94. The SMILES string of the molecule is CN1C(=O)CCc2cc(C(=O)C3(C)CCCC3)ccc21. The highest BCUT2D eigenvalue weighted by Gasteiger charge is 2.37. The number of fused-ring (bicyclic) bond motifs is 1. The van der Waals surface area contributed by atoms with Crippen LogP contribution < -0.4 is 4.90 Å². The molecule has 1 aromatic carbocycles. The van der Waals surface area contributed by atoms with E-state index in [0.29, 0.717) is 6.42 Å². The number of hydrogen-bond acceptors (Lipinski definition) is 2. The zero-order valence-electron chi connectivity index (χ0n) is 12.2. The van der Waals surface area contributed by atoms with E-state index in [1.807, 2.05) is 18.2 Å². The lowest BCUT2D eigenvalue weighted by Gasteiger charge is -2.27. The molecule has 1 saturated carbocycles. The van der Waals surface area contributed by atoms with E-state index in [-0.39, 0.29) is 17.1 Å². The Morgan fingerprint density at radius 3 is 2.60 bits per heavy atom. The van der Waals surface area contributed by atoms with E-state index in [9.17, 15) is 9.59 Å². The zero-order valence-corrected chi connectivity index (χ0v) is 12.2. The van der Waals surface area contributed by atoms with Gasteiger partial charge in [-0.3, -0.25) is 9.59 Å². The van der Waals surface area contributed by atoms with Gasteiger partial charge in [-0.1, -0.05) is 19.8 Å². The molecule has 3 nitrogen and oxygen atoms in total. The second kappa shape index (κ2) is 4.72. The molecule has 1 aliphatic heterocycles. The molecule has 1 aliphatic carbocycles. The third-order valence-corrected chi connectivity index (χ3v) is 4.94. The minimum Gasteiger partial charge on any atom is -0.315 e. The molecule has 1 aromatic rings. The quantitative estimate of drug-likeness (QED) is 0.773. The summed E-state index contributed by atoms with van der Waals surface area (Å²) in [5.41, 5.74) is 2.72. The number of aryl methyl sites for hydroxylation is 1. The van der Waals surface area contributed by atoms with Gasteiger partial charge in [0, 0.05) is 30.1 Å². The van der Waals surface area contributed by atoms with Crippen LogP contribution in [0.2, 0.25) is 0 Å². The first-order valence-corrected chi connectivity index (χ1v) is 7.45. The third kappa shape index (κ3) is 2.05. The van der Waals surface area contributed by atoms with Gasteiger partial charge in [0.15, 0.2) is 5.78 Å². The fourth-order valence-electron chi connectivity index (χ4n) is 3.53. The van der Waals surface area contributed by atoms with Gasteiger partial charge in [-0.2, -0.15) is 0 Å². The van der Waals surface area contributed by atoms with Crippen molar-refractivity contribution < 1.29 is 9.59 Å². The van der Waals surface area contributed by atoms with Crippen LogP contribution >= 0.6 is 0 Å². The molecule has 1 amide bonds. The summed E-state index contributed by atoms with van der Waals surface area (Å²) >= 11 is 0. The average Bonchev–Trinajstić information content (AvgIpc) is 2.90. The van der Waals surface area contributed by atoms with Crippen LogP contribution in [0.1, 0.15) is 54.9 Å². The highest BCUT2D eigenvalue weighted by atomic mass is 16.2. The topological polar surface area (TPSA) is 37.4 Å². The molecule has 2 aliphatic rings. The highest BCUT2D eigenvalue weighted by Crippen LogP contribution is 2.41. The van der Waals surface area contributed by atoms with E-state index in [1.165, 1.54) is 0 Å². The van der Waals surface area contributed by atoms with Gasteiger partial charge in [-0.25, -0.2) is 0 Å². The van der Waals surface area contributed by atoms with E-state index in [2.05, 4.69) is 6.92 Å². The second-order valence-corrected chi connectivity index (χ2v) is 6.39. The van der Waals surface area contributed by atoms with Gasteiger partial charge in [0.05, 0.1) is 0 Å². The molecule has 20 heavy (non-hydrogen) atoms. The number of carbonyl (C=O) groups is 2. The molecule has 0 aromatic heterocycles. The standard InChI is InChI=1S/C17H21NO2/c1-17(9-3-4-10-17)16(20)13-5-7-14-12(11-13)6-8-15(19)18(14)2/h5,7,11H,3-4,6,8-10H2,1-2H3. The van der Waals surface area contributed by atoms with Gasteiger partial charge >= 0.3 is 0 Å². The van der Waals surface area contributed by atoms with Crippen LogP contribution in [0.5, 0.6) is 0 Å². The van der Waals surface area contributed by atoms with E-state index in [0.717, 1.165) is 48.9 Å². The normalized spacial score (nSPS) is 20.9. The molecular formula is C17H21NO2. The van der Waals surface area contributed by atoms with Gasteiger partial charge in [0.25, 0.3) is 0 Å². The summed E-state index contributed by atoms with van der Waals surface area (Å²) in [7, 11) is 1.81. The number of carbonyl (C=O) groups excluding carboxylic acids is 2. The van der Waals surface area contributed by atoms with Crippen LogP contribution in [-0.2, 0) is 11.2 Å². The molecule has 0 saturated heterocycles. The lowest BCUT2D eigenvalue weighted by Crippen LogP contribution is -2.31. The lowest BCUT2D eigenvalue weighted by atomic mass is 9.80. The van der Waals surface area contributed by atoms with Crippen molar-refractivity contribution in [1.29, 1.82) is 0 Å². The number of hydrogen-bond donors (Lipinski definition) is 0. The molecule has 0 atom stereocenters. The summed E-state index contributed by atoms with van der Waals surface area (Å²) in [5, 5.41) is 0. The summed E-state index contributed by atoms with van der Waals surface area (Å²) in [6, 6.07) is 5.82. The van der Waals surface area contributed by atoms with Crippen LogP contribution in [0.25, 0.3) is 0 Å². The maximum atomic E-state index is 12.7. The van der Waals surface area contributed by atoms with Crippen molar-refractivity contribution >= 4 is 17.4 Å². The van der Waals surface area contributed by atoms with Gasteiger partial charge in [0.1, 0.15) is 0 Å². The fraction of sp³-hybridized carbons (Fsp3) is 0.529. The van der Waals surface area contributed by atoms with E-state index in [4.69, 9.17) is 0 Å². The summed E-state index contributed by atoms with van der Waals surface area (Å²) in [5.74, 6) is 0.427. The van der Waals surface area contributed by atoms with E-state index < -0.39 is 0 Å². The first kappa shape index (κ1) is 13.3. The van der Waals surface area contributed by atoms with Crippen LogP contribution in [0, 0.1) is 5.41 Å². The molecule has 106 valence electrons. The van der Waals surface area contributed by atoms with E-state index >= 15 is 0 Å². The van der Waals surface area contributed by atoms with Crippen LogP contribution in [0.15, 0.2) is 18.2 Å². The van der Waals surface area contributed by atoms with Gasteiger partial charge in [0.2, 0.25) is 5.91 Å². The lowest BCUT2D eigenvalue weighted by molar-refractivity contribution is -0.118. The highest BCUT2D eigenvalue weighted by molar-refractivity contribution is 6.02. The average molecular weight is 271 g/mol. The second-order valence-electron chi connectivity index (χ2n) is 6.39. The van der Waals surface area contributed by atoms with Crippen molar-refractivity contribution in [3.8, 4) is 0 Å². The monoisotopic (exact) mass is 271 g/mol. The van der Waals surface area contributed by atoms with Crippen molar-refractivity contribution in [2.45, 2.75) is 45.4 Å². The zero-order chi connectivity index (χ0) is 14.3. The molecule has 0 unspecified atom stereocenters. The molecule has 1 heterocycles. The molecule has 0 bridgehead atoms. The maximum Gasteiger partial charge on any atom is 0.227 e. The number of Topliss-reactive ketones (excluding diaryl/α,β-unsaturated/α-hetero) is 1. The Hall–Kier alpha value is -1.64. The Labute approximate surface area is 120 Å². The van der Waals surface area contributed by atoms with Crippen LogP contribution in [-0.4, -0.2) is 18.7 Å². The summed E-state index contributed by atoms with van der Waals surface area (Å²) in [6.45, 7) is 2.09. The van der Waals surface area contributed by atoms with Crippen molar-refractivity contribution in [3.63, 3.8) is 0 Å². The molecule has 0 N–H and O–H groups in total. The molecule has 0 spiro atoms. The molecular weight excluding hydrogens is 250 g/mol. The van der Waals surface area contributed by atoms with Gasteiger partial charge in [-0.15, -0.1) is 0 Å². The Kier molecular flexibility index (Phi) is 3.15. The summed E-state index contributed by atoms with van der Waals surface area (Å²) in [4.78, 5) is 26.1. The number of anilines is 1. The number of ketones is 1. The number of nitrogens with zero attached hydrogens (tertiary/aromatic N) is 1. The largest absolute Gasteiger partial charge is 0.315 e. The predicted molar refractivity (Wildman–Crippen MR) is 79.1 cm³/mol. The minimum atomic E-state index is -0.176. The summed E-state index contributed by atoms with van der Waals surface area (Å²) < 4.78 is 0. The molecule has 0 radical (unpaired) electrons. The minimum absolute atomic E-state index is 0.152. The van der Waals surface area contributed by atoms with Crippen molar-refractivity contribution in [3.05, 3.63) is 29.3 Å². The Balaban J connectivity index is 1.93. The van der Waals surface area contributed by atoms with E-state index in [1.54, 1.807) is 11.9 Å². The molecule has 1 fully saturated rings. The molecule has 3 rings (SSSR count). The van der Waals surface area contributed by atoms with Crippen LogP contribution in [0.4, 0.5) is 5.69 Å². The number of amides is 1. The Bertz CT molecular complexity index is 570. The number of benzene rings is 1. The molecule has 3 heteroatoms. The Morgan fingerprint density at radius 1 is 1.20 bits per heavy atom. The maximum absolute atomic E-state index is 12.7. The summed E-state index contributed by atoms with van der Waals surface area (Å²) in [6.07, 6.45) is 5.60. The van der Waals surface area contributed by atoms with Crippen LogP contribution in [0.3, 0.4) is 0 Å². The van der Waals surface area contributed by atoms with Gasteiger partial charge < -0.3 is 4.90 Å². The van der Waals surface area contributed by atoms with Crippen molar-refractivity contribution in [2.24, 2.45) is 5.41 Å². The Morgan fingerprint density at radius 2 is 1.90 bits per heavy atom. The van der Waals surface area contributed by atoms with Gasteiger partial charge in [-0.05, 0) is 43.0 Å². The van der Waals surface area contributed by atoms with Crippen molar-refractivity contribution in [2.75, 3.05) is 11.9 Å². The smallest absolute Gasteiger partial charge is 0.227 e. The first-order valence-electron chi connectivity index (χ1n) is 7.45. The number of rotatable bonds is 2. The fourth-order valence-corrected chi connectivity index (χ4v) is 3.53. The first-order chi connectivity index (χ1) is 9.51. The predicted octanol–water partition coefficient (Wildman–Crippen LogP) is 3.36. The van der Waals surface area contributed by atoms with Crippen molar-refractivity contribution in [1.82, 2.24) is 0 Å².